The molecule has 1 aromatic heterocycles. The number of fused-ring (bicyclic) bond motifs is 1. The van der Waals surface area contributed by atoms with Crippen molar-refractivity contribution in [2.24, 2.45) is 0 Å². The number of nitrogens with one attached hydrogen (secondary N) is 1. The summed E-state index contributed by atoms with van der Waals surface area (Å²) in [5.74, 6) is -0.759. The number of rotatable bonds is 7. The van der Waals surface area contributed by atoms with Gasteiger partial charge in [-0.15, -0.1) is 0 Å². The number of para-hydroxylation sites is 1. The summed E-state index contributed by atoms with van der Waals surface area (Å²) in [7, 11) is -3.75. The largest absolute Gasteiger partial charge is 0.280 e. The molecule has 0 fully saturated rings. The number of hydrogen-bond acceptors (Lipinski definition) is 5. The van der Waals surface area contributed by atoms with Crippen LogP contribution in [0.5, 0.6) is 0 Å². The second-order valence-corrected chi connectivity index (χ2v) is 9.31. The minimum atomic E-state index is -3.75. The first-order valence-electron chi connectivity index (χ1n) is 10.3. The Hall–Kier alpha value is -3.52. The predicted octanol–water partition coefficient (Wildman–Crippen LogP) is 3.59. The van der Waals surface area contributed by atoms with E-state index in [1.165, 1.54) is 23.2 Å². The zero-order chi connectivity index (χ0) is 22.9. The molecule has 1 aliphatic rings. The molecule has 0 aliphatic carbocycles. The zero-order valence-corrected chi connectivity index (χ0v) is 18.6. The van der Waals surface area contributed by atoms with Crippen LogP contribution in [0.1, 0.15) is 44.5 Å². The Balaban J connectivity index is 1.46. The average Bonchev–Trinajstić information content (AvgIpc) is 3.04. The first-order chi connectivity index (χ1) is 15.3. The molecule has 0 unspecified atom stereocenters. The molecule has 2 heterocycles. The summed E-state index contributed by atoms with van der Waals surface area (Å²) in [6.07, 6.45) is 2.61. The Labute approximate surface area is 187 Å². The van der Waals surface area contributed by atoms with Gasteiger partial charge in [-0.05, 0) is 60.7 Å². The standard InChI is InChI=1S/C24H23N3O4S/c1-3-18-7-4-6-16(2)21(18)26-32(30,31)19-11-9-17(10-12-19)13-15-27-23(28)20-8-5-14-25-22(20)24(27)29/h4-12,14,26H,3,13,15H2,1-2H3. The van der Waals surface area contributed by atoms with Crippen LogP contribution in [-0.2, 0) is 22.9 Å². The molecule has 2 aromatic carbocycles. The Bertz CT molecular complexity index is 1270. The second-order valence-electron chi connectivity index (χ2n) is 7.62. The van der Waals surface area contributed by atoms with Crippen molar-refractivity contribution in [3.8, 4) is 0 Å². The smallest absolute Gasteiger partial charge is 0.279 e. The van der Waals surface area contributed by atoms with Gasteiger partial charge in [-0.2, -0.15) is 0 Å². The molecule has 0 saturated carbocycles. The average molecular weight is 450 g/mol. The van der Waals surface area contributed by atoms with E-state index in [4.69, 9.17) is 0 Å². The highest BCUT2D eigenvalue weighted by Gasteiger charge is 2.36. The molecule has 0 atom stereocenters. The molecule has 8 heteroatoms. The normalized spacial score (nSPS) is 13.4. The molecule has 164 valence electrons. The summed E-state index contributed by atoms with van der Waals surface area (Å²) in [6, 6.07) is 15.4. The minimum absolute atomic E-state index is 0.150. The maximum atomic E-state index is 12.9. The lowest BCUT2D eigenvalue weighted by Gasteiger charge is -2.15. The van der Waals surface area contributed by atoms with Crippen molar-refractivity contribution in [1.82, 2.24) is 9.88 Å². The molecule has 1 aliphatic heterocycles. The van der Waals surface area contributed by atoms with Gasteiger partial charge in [0.15, 0.2) is 0 Å². The molecular formula is C24H23N3O4S. The highest BCUT2D eigenvalue weighted by molar-refractivity contribution is 7.92. The number of carbonyl (C=O) groups excluding carboxylic acids is 2. The van der Waals surface area contributed by atoms with Gasteiger partial charge < -0.3 is 0 Å². The van der Waals surface area contributed by atoms with E-state index in [9.17, 15) is 18.0 Å². The van der Waals surface area contributed by atoms with E-state index in [1.54, 1.807) is 24.3 Å². The van der Waals surface area contributed by atoms with Crippen LogP contribution < -0.4 is 4.72 Å². The molecule has 0 saturated heterocycles. The third-order valence-corrected chi connectivity index (χ3v) is 6.93. The highest BCUT2D eigenvalue weighted by Crippen LogP contribution is 2.25. The molecule has 4 rings (SSSR count). The molecule has 7 nitrogen and oxygen atoms in total. The van der Waals surface area contributed by atoms with Gasteiger partial charge in [0.25, 0.3) is 21.8 Å². The number of benzene rings is 2. The molecule has 0 spiro atoms. The minimum Gasteiger partial charge on any atom is -0.279 e. The summed E-state index contributed by atoms with van der Waals surface area (Å²) in [5.41, 5.74) is 3.71. The fourth-order valence-electron chi connectivity index (χ4n) is 3.76. The third-order valence-electron chi connectivity index (χ3n) is 5.57. The molecule has 32 heavy (non-hydrogen) atoms. The molecule has 2 amide bonds. The number of pyridine rings is 1. The van der Waals surface area contributed by atoms with E-state index in [2.05, 4.69) is 9.71 Å². The van der Waals surface area contributed by atoms with Crippen LogP contribution in [0.4, 0.5) is 5.69 Å². The van der Waals surface area contributed by atoms with Gasteiger partial charge >= 0.3 is 0 Å². The molecule has 3 aromatic rings. The summed E-state index contributed by atoms with van der Waals surface area (Å²) in [6.45, 7) is 4.04. The summed E-state index contributed by atoms with van der Waals surface area (Å²) in [4.78, 5) is 30.2. The number of imide groups is 1. The van der Waals surface area contributed by atoms with Crippen LogP contribution in [0.3, 0.4) is 0 Å². The summed E-state index contributed by atoms with van der Waals surface area (Å²) < 4.78 is 28.5. The lowest BCUT2D eigenvalue weighted by molar-refractivity contribution is 0.0654. The second kappa shape index (κ2) is 8.55. The summed E-state index contributed by atoms with van der Waals surface area (Å²) in [5, 5.41) is 0. The molecule has 1 N–H and O–H groups in total. The van der Waals surface area contributed by atoms with Crippen LogP contribution in [0.2, 0.25) is 0 Å². The van der Waals surface area contributed by atoms with Crippen molar-refractivity contribution in [1.29, 1.82) is 0 Å². The number of sulfonamides is 1. The number of amides is 2. The van der Waals surface area contributed by atoms with Crippen molar-refractivity contribution in [3.63, 3.8) is 0 Å². The van der Waals surface area contributed by atoms with Gasteiger partial charge in [-0.25, -0.2) is 8.42 Å². The number of carbonyl (C=O) groups is 2. The Morgan fingerprint density at radius 2 is 1.72 bits per heavy atom. The van der Waals surface area contributed by atoms with Gasteiger partial charge in [0, 0.05) is 12.7 Å². The van der Waals surface area contributed by atoms with Gasteiger partial charge in [0.2, 0.25) is 0 Å². The van der Waals surface area contributed by atoms with E-state index >= 15 is 0 Å². The third kappa shape index (κ3) is 4.01. The van der Waals surface area contributed by atoms with Crippen LogP contribution in [-0.4, -0.2) is 36.7 Å². The zero-order valence-electron chi connectivity index (χ0n) is 17.8. The fraction of sp³-hybridized carbons (Fsp3) is 0.208. The lowest BCUT2D eigenvalue weighted by atomic mass is 10.1. The van der Waals surface area contributed by atoms with E-state index in [1.807, 2.05) is 32.0 Å². The number of anilines is 1. The Morgan fingerprint density at radius 1 is 0.969 bits per heavy atom. The monoisotopic (exact) mass is 449 g/mol. The van der Waals surface area contributed by atoms with E-state index in [-0.39, 0.29) is 23.0 Å². The Morgan fingerprint density at radius 3 is 2.41 bits per heavy atom. The van der Waals surface area contributed by atoms with Gasteiger partial charge in [-0.3, -0.25) is 24.2 Å². The van der Waals surface area contributed by atoms with E-state index in [0.29, 0.717) is 24.1 Å². The van der Waals surface area contributed by atoms with Crippen LogP contribution >= 0.6 is 0 Å². The summed E-state index contributed by atoms with van der Waals surface area (Å²) >= 11 is 0. The topological polar surface area (TPSA) is 96.4 Å². The number of aryl methyl sites for hydroxylation is 2. The molecular weight excluding hydrogens is 426 g/mol. The van der Waals surface area contributed by atoms with E-state index < -0.39 is 15.9 Å². The van der Waals surface area contributed by atoms with Crippen LogP contribution in [0.15, 0.2) is 65.7 Å². The highest BCUT2D eigenvalue weighted by atomic mass is 32.2. The maximum absolute atomic E-state index is 12.9. The lowest BCUT2D eigenvalue weighted by Crippen LogP contribution is -2.31. The van der Waals surface area contributed by atoms with Gasteiger partial charge in [0.05, 0.1) is 16.1 Å². The van der Waals surface area contributed by atoms with Crippen LogP contribution in [0.25, 0.3) is 0 Å². The number of aromatic nitrogens is 1. The Kier molecular flexibility index (Phi) is 5.80. The molecule has 0 bridgehead atoms. The first kappa shape index (κ1) is 21.7. The SMILES string of the molecule is CCc1cccc(C)c1NS(=O)(=O)c1ccc(CCN2C(=O)c3cccnc3C2=O)cc1. The first-order valence-corrected chi connectivity index (χ1v) is 11.8. The van der Waals surface area contributed by atoms with Crippen molar-refractivity contribution in [3.05, 3.63) is 88.7 Å². The molecule has 0 radical (unpaired) electrons. The number of hydrogen-bond donors (Lipinski definition) is 1. The quantitative estimate of drug-likeness (QED) is 0.556. The predicted molar refractivity (Wildman–Crippen MR) is 121 cm³/mol. The fourth-order valence-corrected chi connectivity index (χ4v) is 4.93. The number of nitrogens with zero attached hydrogens (tertiary/aromatic N) is 2. The van der Waals surface area contributed by atoms with Crippen molar-refractivity contribution in [2.45, 2.75) is 31.6 Å². The maximum Gasteiger partial charge on any atom is 0.280 e. The van der Waals surface area contributed by atoms with Crippen molar-refractivity contribution >= 4 is 27.5 Å². The van der Waals surface area contributed by atoms with Crippen LogP contribution in [0, 0.1) is 6.92 Å². The van der Waals surface area contributed by atoms with Crippen molar-refractivity contribution < 1.29 is 18.0 Å². The van der Waals surface area contributed by atoms with Gasteiger partial charge in [0.1, 0.15) is 5.69 Å². The van der Waals surface area contributed by atoms with Crippen molar-refractivity contribution in [2.75, 3.05) is 11.3 Å². The van der Waals surface area contributed by atoms with Gasteiger partial charge in [-0.1, -0.05) is 37.3 Å². The van der Waals surface area contributed by atoms with E-state index in [0.717, 1.165) is 16.7 Å².